The van der Waals surface area contributed by atoms with E-state index in [9.17, 15) is 4.39 Å². The number of rotatable bonds is 6. The van der Waals surface area contributed by atoms with Crippen LogP contribution in [0.25, 0.3) is 22.6 Å². The fourth-order valence-corrected chi connectivity index (χ4v) is 5.23. The lowest BCUT2D eigenvalue weighted by molar-refractivity contribution is -0.00789. The van der Waals surface area contributed by atoms with Crippen molar-refractivity contribution in [1.29, 1.82) is 0 Å². The van der Waals surface area contributed by atoms with Crippen LogP contribution in [0.15, 0.2) is 36.7 Å². The maximum absolute atomic E-state index is 15.4. The minimum atomic E-state index is -0.494. The van der Waals surface area contributed by atoms with Gasteiger partial charge in [-0.25, -0.2) is 13.8 Å². The second kappa shape index (κ2) is 9.09. The number of methoxy groups -OCH3 is 1. The van der Waals surface area contributed by atoms with Crippen LogP contribution in [-0.4, -0.2) is 62.3 Å². The first-order valence-corrected chi connectivity index (χ1v) is 12.1. The van der Waals surface area contributed by atoms with Crippen molar-refractivity contribution in [3.8, 4) is 23.1 Å². The van der Waals surface area contributed by atoms with Gasteiger partial charge in [0.2, 0.25) is 0 Å². The Labute approximate surface area is 206 Å². The van der Waals surface area contributed by atoms with Crippen molar-refractivity contribution in [3.63, 3.8) is 0 Å². The smallest absolute Gasteiger partial charge is 0.318 e. The highest BCUT2D eigenvalue weighted by atomic mass is 19.1. The highest BCUT2D eigenvalue weighted by Crippen LogP contribution is 2.32. The van der Waals surface area contributed by atoms with Gasteiger partial charge in [0, 0.05) is 29.9 Å². The van der Waals surface area contributed by atoms with E-state index in [2.05, 4.69) is 24.8 Å². The van der Waals surface area contributed by atoms with E-state index in [1.807, 2.05) is 0 Å². The number of imidazole rings is 1. The predicted octanol–water partition coefficient (Wildman–Crippen LogP) is 4.00. The molecule has 1 atom stereocenters. The lowest BCUT2D eigenvalue weighted by atomic mass is 9.86. The lowest BCUT2D eigenvalue weighted by Crippen LogP contribution is -2.52. The molecule has 3 fully saturated rings. The number of pyridine rings is 1. The first-order chi connectivity index (χ1) is 17.5. The molecular formula is C26H26F2N6O2. The normalized spacial score (nSPS) is 21.2. The molecule has 0 spiro atoms. The zero-order chi connectivity index (χ0) is 24.8. The first kappa shape index (κ1) is 22.8. The maximum Gasteiger partial charge on any atom is 0.318 e. The van der Waals surface area contributed by atoms with Crippen molar-refractivity contribution in [2.45, 2.75) is 32.4 Å². The van der Waals surface area contributed by atoms with Gasteiger partial charge in [-0.1, -0.05) is 6.07 Å². The number of halogens is 2. The molecule has 0 amide bonds. The number of hydrogen-bond acceptors (Lipinski definition) is 7. The molecule has 0 aliphatic carbocycles. The quantitative estimate of drug-likeness (QED) is 0.403. The van der Waals surface area contributed by atoms with E-state index < -0.39 is 11.6 Å². The van der Waals surface area contributed by atoms with Crippen LogP contribution >= 0.6 is 0 Å². The molecule has 8 nitrogen and oxygen atoms in total. The van der Waals surface area contributed by atoms with Gasteiger partial charge in [0.25, 0.3) is 0 Å². The summed E-state index contributed by atoms with van der Waals surface area (Å²) in [5, 5.41) is 0. The molecule has 1 aromatic carbocycles. The van der Waals surface area contributed by atoms with Gasteiger partial charge in [-0.05, 0) is 50.9 Å². The summed E-state index contributed by atoms with van der Waals surface area (Å²) >= 11 is 0. The van der Waals surface area contributed by atoms with Crippen LogP contribution in [0, 0.1) is 24.5 Å². The lowest BCUT2D eigenvalue weighted by Gasteiger charge is -2.44. The molecular weight excluding hydrogens is 466 g/mol. The molecule has 4 aromatic rings. The molecule has 0 radical (unpaired) electrons. The number of aromatic nitrogens is 5. The van der Waals surface area contributed by atoms with E-state index in [4.69, 9.17) is 9.47 Å². The Balaban J connectivity index is 1.36. The number of nitrogens with zero attached hydrogens (tertiary/aromatic N) is 6. The van der Waals surface area contributed by atoms with Crippen LogP contribution in [-0.2, 0) is 6.54 Å². The largest absolute Gasteiger partial charge is 0.489 e. The third kappa shape index (κ3) is 4.15. The van der Waals surface area contributed by atoms with Crippen molar-refractivity contribution in [3.05, 3.63) is 59.6 Å². The average Bonchev–Trinajstić information content (AvgIpc) is 3.25. The zero-order valence-corrected chi connectivity index (χ0v) is 20.1. The van der Waals surface area contributed by atoms with Crippen molar-refractivity contribution in [1.82, 2.24) is 29.4 Å². The Morgan fingerprint density at radius 1 is 1.06 bits per heavy atom. The van der Waals surface area contributed by atoms with Gasteiger partial charge in [-0.2, -0.15) is 9.97 Å². The van der Waals surface area contributed by atoms with Crippen LogP contribution in [0.2, 0.25) is 0 Å². The number of aryl methyl sites for hydroxylation is 1. The summed E-state index contributed by atoms with van der Waals surface area (Å²) < 4.78 is 42.5. The molecule has 36 heavy (non-hydrogen) atoms. The number of ether oxygens (including phenoxy) is 2. The van der Waals surface area contributed by atoms with E-state index in [0.29, 0.717) is 45.5 Å². The summed E-state index contributed by atoms with van der Waals surface area (Å²) in [5.74, 6) is 0.577. The van der Waals surface area contributed by atoms with Crippen molar-refractivity contribution in [2.75, 3.05) is 26.7 Å². The highest BCUT2D eigenvalue weighted by Gasteiger charge is 2.35. The van der Waals surface area contributed by atoms with E-state index in [1.54, 1.807) is 23.6 Å². The summed E-state index contributed by atoms with van der Waals surface area (Å²) in [7, 11) is 1.48. The van der Waals surface area contributed by atoms with Crippen LogP contribution < -0.4 is 9.47 Å². The number of fused-ring (bicyclic) bond motifs is 4. The monoisotopic (exact) mass is 492 g/mol. The molecule has 0 N–H and O–H groups in total. The first-order valence-electron chi connectivity index (χ1n) is 12.1. The second-order valence-corrected chi connectivity index (χ2v) is 9.43. The molecule has 6 heterocycles. The Kier molecular flexibility index (Phi) is 5.75. The SMILES string of the molecule is COc1nc(C)c2nc(-c3cncc(F)c3)n(Cc3ccc(O[C@H]4CN5CCC4CC5)cc3F)c2n1. The highest BCUT2D eigenvalue weighted by molar-refractivity contribution is 5.79. The van der Waals surface area contributed by atoms with Crippen LogP contribution in [0.5, 0.6) is 11.8 Å². The minimum Gasteiger partial charge on any atom is -0.489 e. The molecule has 2 bridgehead atoms. The average molecular weight is 493 g/mol. The van der Waals surface area contributed by atoms with Gasteiger partial charge in [0.05, 0.1) is 25.5 Å². The van der Waals surface area contributed by atoms with E-state index in [0.717, 1.165) is 38.7 Å². The Morgan fingerprint density at radius 2 is 1.89 bits per heavy atom. The van der Waals surface area contributed by atoms with Crippen LogP contribution in [0.4, 0.5) is 8.78 Å². The van der Waals surface area contributed by atoms with Crippen LogP contribution in [0.3, 0.4) is 0 Å². The van der Waals surface area contributed by atoms with E-state index in [-0.39, 0.29) is 18.7 Å². The standard InChI is InChI=1S/C26H26F2N6O2/c1-15-23-25(32-26(30-15)35-2)34(24(31-23)18-9-19(27)12-29-11-18)13-17-3-4-20(10-21(17)28)36-22-14-33-7-5-16(22)6-8-33/h3-4,9-12,16,22H,5-8,13-14H2,1-2H3/t22-/m0/s1. The van der Waals surface area contributed by atoms with E-state index in [1.165, 1.54) is 25.4 Å². The van der Waals surface area contributed by atoms with Crippen molar-refractivity contribution in [2.24, 2.45) is 5.92 Å². The number of hydrogen-bond donors (Lipinski definition) is 0. The number of benzene rings is 1. The molecule has 3 aromatic heterocycles. The Morgan fingerprint density at radius 3 is 2.58 bits per heavy atom. The Bertz CT molecular complexity index is 1430. The van der Waals surface area contributed by atoms with Crippen molar-refractivity contribution >= 4 is 11.2 Å². The summed E-state index contributed by atoms with van der Waals surface area (Å²) in [5.41, 5.74) is 2.47. The fraction of sp³-hybridized carbons (Fsp3) is 0.385. The molecule has 3 aliphatic rings. The molecule has 7 rings (SSSR count). The predicted molar refractivity (Wildman–Crippen MR) is 129 cm³/mol. The molecule has 3 aliphatic heterocycles. The zero-order valence-electron chi connectivity index (χ0n) is 20.1. The number of piperidine rings is 3. The minimum absolute atomic E-state index is 0.0922. The third-order valence-corrected chi connectivity index (χ3v) is 7.13. The summed E-state index contributed by atoms with van der Waals surface area (Å²) in [4.78, 5) is 19.8. The molecule has 3 saturated heterocycles. The van der Waals surface area contributed by atoms with Crippen molar-refractivity contribution < 1.29 is 18.3 Å². The van der Waals surface area contributed by atoms with Gasteiger partial charge in [-0.15, -0.1) is 0 Å². The molecule has 10 heteroatoms. The third-order valence-electron chi connectivity index (χ3n) is 7.13. The Hall–Kier alpha value is -3.66. The van der Waals surface area contributed by atoms with Gasteiger partial charge in [0.15, 0.2) is 5.65 Å². The van der Waals surface area contributed by atoms with Gasteiger partial charge >= 0.3 is 6.01 Å². The second-order valence-electron chi connectivity index (χ2n) is 9.43. The molecule has 0 saturated carbocycles. The van der Waals surface area contributed by atoms with Gasteiger partial charge in [-0.3, -0.25) is 9.88 Å². The maximum atomic E-state index is 15.4. The van der Waals surface area contributed by atoms with E-state index >= 15 is 4.39 Å². The fourth-order valence-electron chi connectivity index (χ4n) is 5.23. The summed E-state index contributed by atoms with van der Waals surface area (Å²) in [6.45, 7) is 5.04. The summed E-state index contributed by atoms with van der Waals surface area (Å²) in [6.07, 6.45) is 4.98. The van der Waals surface area contributed by atoms with Gasteiger partial charge < -0.3 is 14.0 Å². The van der Waals surface area contributed by atoms with Gasteiger partial charge in [0.1, 0.15) is 34.8 Å². The molecule has 0 unspecified atom stereocenters. The summed E-state index contributed by atoms with van der Waals surface area (Å²) in [6, 6.07) is 6.48. The van der Waals surface area contributed by atoms with Crippen LogP contribution in [0.1, 0.15) is 24.1 Å². The topological polar surface area (TPSA) is 78.2 Å². The molecule has 186 valence electrons.